The molecule has 0 saturated carbocycles. The molecule has 1 N–H and O–H groups in total. The first-order chi connectivity index (χ1) is 7.74. The lowest BCUT2D eigenvalue weighted by Gasteiger charge is -2.46. The van der Waals surface area contributed by atoms with Gasteiger partial charge in [-0.25, -0.2) is 4.79 Å². The number of likely N-dealkylation sites (tertiary alicyclic amines) is 1. The summed E-state index contributed by atoms with van der Waals surface area (Å²) in [4.78, 5) is 25.0. The SMILES string of the molecule is CC1=CNC(=O)C12CN(C(=O)OC(C)(C)C)C2. The predicted molar refractivity (Wildman–Crippen MR) is 62.1 cm³/mol. The van der Waals surface area contributed by atoms with Crippen LogP contribution in [0, 0.1) is 5.41 Å². The first-order valence-corrected chi connectivity index (χ1v) is 5.71. The van der Waals surface area contributed by atoms with Crippen LogP contribution in [0.4, 0.5) is 4.79 Å². The number of amides is 2. The highest BCUT2D eigenvalue weighted by atomic mass is 16.6. The highest BCUT2D eigenvalue weighted by Gasteiger charge is 2.55. The molecule has 0 aromatic rings. The molecular weight excluding hydrogens is 220 g/mol. The molecule has 2 rings (SSSR count). The summed E-state index contributed by atoms with van der Waals surface area (Å²) in [7, 11) is 0. The van der Waals surface area contributed by atoms with E-state index in [1.54, 1.807) is 11.1 Å². The molecule has 5 nitrogen and oxygen atoms in total. The number of carbonyl (C=O) groups excluding carboxylic acids is 2. The number of nitrogens with one attached hydrogen (secondary N) is 1. The van der Waals surface area contributed by atoms with Crippen molar-refractivity contribution < 1.29 is 14.3 Å². The van der Waals surface area contributed by atoms with Gasteiger partial charge < -0.3 is 15.0 Å². The van der Waals surface area contributed by atoms with E-state index in [-0.39, 0.29) is 12.0 Å². The second-order valence-corrected chi connectivity index (χ2v) is 5.72. The maximum Gasteiger partial charge on any atom is 0.410 e. The minimum atomic E-state index is -0.503. The van der Waals surface area contributed by atoms with E-state index in [0.717, 1.165) is 5.57 Å². The van der Waals surface area contributed by atoms with Crippen LogP contribution in [0.1, 0.15) is 27.7 Å². The summed E-state index contributed by atoms with van der Waals surface area (Å²) in [6.45, 7) is 8.21. The highest BCUT2D eigenvalue weighted by molar-refractivity contribution is 5.92. The summed E-state index contributed by atoms with van der Waals surface area (Å²) in [5, 5.41) is 2.69. The molecule has 0 aliphatic carbocycles. The summed E-state index contributed by atoms with van der Waals surface area (Å²) < 4.78 is 5.25. The van der Waals surface area contributed by atoms with Crippen molar-refractivity contribution in [1.82, 2.24) is 10.2 Å². The average molecular weight is 238 g/mol. The van der Waals surface area contributed by atoms with Crippen molar-refractivity contribution in [2.24, 2.45) is 5.41 Å². The Bertz CT molecular complexity index is 400. The second-order valence-electron chi connectivity index (χ2n) is 5.72. The van der Waals surface area contributed by atoms with Crippen molar-refractivity contribution in [1.29, 1.82) is 0 Å². The third-order valence-corrected chi connectivity index (χ3v) is 3.18. The van der Waals surface area contributed by atoms with Crippen molar-refractivity contribution in [3.8, 4) is 0 Å². The van der Waals surface area contributed by atoms with Crippen molar-refractivity contribution >= 4 is 12.0 Å². The van der Waals surface area contributed by atoms with Crippen LogP contribution in [-0.4, -0.2) is 35.6 Å². The van der Waals surface area contributed by atoms with Gasteiger partial charge in [0.1, 0.15) is 11.0 Å². The van der Waals surface area contributed by atoms with Gasteiger partial charge >= 0.3 is 6.09 Å². The number of hydrogen-bond donors (Lipinski definition) is 1. The maximum atomic E-state index is 11.7. The third-order valence-electron chi connectivity index (χ3n) is 3.18. The Morgan fingerprint density at radius 1 is 1.47 bits per heavy atom. The first-order valence-electron chi connectivity index (χ1n) is 5.71. The standard InChI is InChI=1S/C12H18N2O3/c1-8-5-13-9(15)12(8)6-14(7-12)10(16)17-11(2,3)4/h5H,6-7H2,1-4H3,(H,13,15). The molecule has 2 aliphatic rings. The van der Waals surface area contributed by atoms with Gasteiger partial charge in [0, 0.05) is 19.3 Å². The first kappa shape index (κ1) is 12.0. The summed E-state index contributed by atoms with van der Waals surface area (Å²) in [6.07, 6.45) is 1.37. The lowest BCUT2D eigenvalue weighted by molar-refractivity contribution is -0.134. The van der Waals surface area contributed by atoms with Gasteiger partial charge in [0.05, 0.1) is 0 Å². The number of nitrogens with zero attached hydrogens (tertiary/aromatic N) is 1. The number of carbonyl (C=O) groups is 2. The zero-order chi connectivity index (χ0) is 12.8. The fourth-order valence-corrected chi connectivity index (χ4v) is 2.08. The Kier molecular flexibility index (Phi) is 2.45. The summed E-state index contributed by atoms with van der Waals surface area (Å²) in [6, 6.07) is 0. The van der Waals surface area contributed by atoms with Crippen LogP contribution in [0.15, 0.2) is 11.8 Å². The Morgan fingerprint density at radius 2 is 2.06 bits per heavy atom. The van der Waals surface area contributed by atoms with Gasteiger partial charge in [0.25, 0.3) is 0 Å². The van der Waals surface area contributed by atoms with E-state index in [2.05, 4.69) is 5.32 Å². The van der Waals surface area contributed by atoms with Crippen LogP contribution in [-0.2, 0) is 9.53 Å². The molecule has 0 bridgehead atoms. The molecule has 0 unspecified atom stereocenters. The largest absolute Gasteiger partial charge is 0.444 e. The molecule has 2 heterocycles. The lowest BCUT2D eigenvalue weighted by Crippen LogP contribution is -2.63. The van der Waals surface area contributed by atoms with E-state index >= 15 is 0 Å². The smallest absolute Gasteiger partial charge is 0.410 e. The van der Waals surface area contributed by atoms with Crippen molar-refractivity contribution in [3.05, 3.63) is 11.8 Å². The van der Waals surface area contributed by atoms with Gasteiger partial charge in [-0.2, -0.15) is 0 Å². The molecule has 5 heteroatoms. The molecule has 94 valence electrons. The zero-order valence-corrected chi connectivity index (χ0v) is 10.7. The molecule has 1 spiro atoms. The molecule has 1 saturated heterocycles. The molecule has 0 radical (unpaired) electrons. The van der Waals surface area contributed by atoms with Crippen LogP contribution >= 0.6 is 0 Å². The van der Waals surface area contributed by atoms with Gasteiger partial charge in [-0.1, -0.05) is 0 Å². The molecule has 2 amide bonds. The Balaban J connectivity index is 1.97. The van der Waals surface area contributed by atoms with Crippen LogP contribution in [0.2, 0.25) is 0 Å². The molecule has 2 aliphatic heterocycles. The molecule has 0 aromatic carbocycles. The van der Waals surface area contributed by atoms with E-state index in [4.69, 9.17) is 4.74 Å². The van der Waals surface area contributed by atoms with Crippen molar-refractivity contribution in [2.45, 2.75) is 33.3 Å². The summed E-state index contributed by atoms with van der Waals surface area (Å²) in [5.74, 6) is -0.0187. The second kappa shape index (κ2) is 3.48. The fraction of sp³-hybridized carbons (Fsp3) is 0.667. The normalized spacial score (nSPS) is 22.0. The van der Waals surface area contributed by atoms with Crippen LogP contribution in [0.5, 0.6) is 0 Å². The monoisotopic (exact) mass is 238 g/mol. The van der Waals surface area contributed by atoms with Crippen LogP contribution in [0.25, 0.3) is 0 Å². The maximum absolute atomic E-state index is 11.7. The number of rotatable bonds is 0. The lowest BCUT2D eigenvalue weighted by atomic mass is 9.75. The molecule has 0 aromatic heterocycles. The molecule has 0 atom stereocenters. The minimum absolute atomic E-state index is 0.0187. The topological polar surface area (TPSA) is 58.6 Å². The average Bonchev–Trinajstić information content (AvgIpc) is 2.36. The molecular formula is C12H18N2O3. The number of hydrogen-bond acceptors (Lipinski definition) is 3. The Labute approximate surface area is 101 Å². The third kappa shape index (κ3) is 1.90. The van der Waals surface area contributed by atoms with E-state index in [1.165, 1.54) is 0 Å². The van der Waals surface area contributed by atoms with E-state index in [0.29, 0.717) is 13.1 Å². The highest BCUT2D eigenvalue weighted by Crippen LogP contribution is 2.40. The molecule has 17 heavy (non-hydrogen) atoms. The van der Waals surface area contributed by atoms with Gasteiger partial charge in [0.2, 0.25) is 5.91 Å². The van der Waals surface area contributed by atoms with E-state index < -0.39 is 11.0 Å². The summed E-state index contributed by atoms with van der Waals surface area (Å²) in [5.41, 5.74) is -0.0122. The number of ether oxygens (including phenoxy) is 1. The van der Waals surface area contributed by atoms with Gasteiger partial charge in [-0.3, -0.25) is 4.79 Å². The Morgan fingerprint density at radius 3 is 2.47 bits per heavy atom. The molecule has 1 fully saturated rings. The van der Waals surface area contributed by atoms with Crippen molar-refractivity contribution in [2.75, 3.05) is 13.1 Å². The van der Waals surface area contributed by atoms with Gasteiger partial charge in [0.15, 0.2) is 0 Å². The van der Waals surface area contributed by atoms with Crippen LogP contribution in [0.3, 0.4) is 0 Å². The zero-order valence-electron chi connectivity index (χ0n) is 10.7. The fourth-order valence-electron chi connectivity index (χ4n) is 2.08. The Hall–Kier alpha value is -1.52. The van der Waals surface area contributed by atoms with E-state index in [1.807, 2.05) is 27.7 Å². The summed E-state index contributed by atoms with van der Waals surface area (Å²) >= 11 is 0. The van der Waals surface area contributed by atoms with Crippen LogP contribution < -0.4 is 5.32 Å². The van der Waals surface area contributed by atoms with E-state index in [9.17, 15) is 9.59 Å². The predicted octanol–water partition coefficient (Wildman–Crippen LogP) is 1.26. The quantitative estimate of drug-likeness (QED) is 0.691. The van der Waals surface area contributed by atoms with Gasteiger partial charge in [-0.15, -0.1) is 0 Å². The van der Waals surface area contributed by atoms with Crippen molar-refractivity contribution in [3.63, 3.8) is 0 Å². The van der Waals surface area contributed by atoms with Gasteiger partial charge in [-0.05, 0) is 33.3 Å². The minimum Gasteiger partial charge on any atom is -0.444 e.